The first kappa shape index (κ1) is 45.5. The van der Waals surface area contributed by atoms with Gasteiger partial charge in [0.25, 0.3) is 0 Å². The Bertz CT molecular complexity index is 1920. The number of hydrogen-bond acceptors (Lipinski definition) is 8. The summed E-state index contributed by atoms with van der Waals surface area (Å²) in [7, 11) is 12.8. The number of para-hydroxylation sites is 6. The molecular weight excluding hydrogens is 836 g/mol. The van der Waals surface area contributed by atoms with Crippen molar-refractivity contribution in [2.24, 2.45) is 9.98 Å². The van der Waals surface area contributed by atoms with Crippen LogP contribution in [0.2, 0.25) is 0 Å². The maximum absolute atomic E-state index is 14.2. The normalized spacial score (nSPS) is 14.6. The van der Waals surface area contributed by atoms with Crippen LogP contribution in [0.4, 0.5) is 22.7 Å². The van der Waals surface area contributed by atoms with Crippen LogP contribution in [0, 0.1) is 0 Å². The molecule has 2 N–H and O–H groups in total. The summed E-state index contributed by atoms with van der Waals surface area (Å²) in [4.78, 5) is 37.9. The van der Waals surface area contributed by atoms with Crippen molar-refractivity contribution >= 4 is 46.7 Å². The minimum absolute atomic E-state index is 0. The zero-order valence-electron chi connectivity index (χ0n) is 33.0. The highest BCUT2D eigenvalue weighted by Crippen LogP contribution is 2.29. The fourth-order valence-electron chi connectivity index (χ4n) is 5.64. The quantitative estimate of drug-likeness (QED) is 0.115. The number of nitrogens with one attached hydrogen (secondary N) is 2. The Morgan fingerprint density at radius 2 is 0.893 bits per heavy atom. The maximum Gasteiger partial charge on any atom is 0.199 e. The summed E-state index contributed by atoms with van der Waals surface area (Å²) < 4.78 is 13.9. The lowest BCUT2D eigenvalue weighted by Gasteiger charge is -2.23. The zero-order chi connectivity index (χ0) is 38.6. The fourth-order valence-corrected chi connectivity index (χ4v) is 5.64. The lowest BCUT2D eigenvalue weighted by atomic mass is 10.0. The maximum atomic E-state index is 14.2. The molecule has 4 aromatic rings. The minimum atomic E-state index is -0.252. The lowest BCUT2D eigenvalue weighted by Crippen LogP contribution is -3.00. The Labute approximate surface area is 352 Å². The summed E-state index contributed by atoms with van der Waals surface area (Å²) in [6, 6.07) is 29.4. The number of ketones is 2. The SMILES string of the molecule is C[N+](C)(C)CCCOc1ccccc1C(=O)/C1=C/Nc2ccccc2N=C/C(C(=O)c2ccccc2OCCC[N+](C)(C)C)=C\Nc2ccccc2N=C1.[Br-].[Br-]. The summed E-state index contributed by atoms with van der Waals surface area (Å²) in [6.45, 7) is 2.86. The first-order valence-electron chi connectivity index (χ1n) is 18.2. The largest absolute Gasteiger partial charge is 1.00 e. The summed E-state index contributed by atoms with van der Waals surface area (Å²) in [6.07, 6.45) is 8.04. The van der Waals surface area contributed by atoms with E-state index in [0.717, 1.165) is 34.9 Å². The third-order valence-electron chi connectivity index (χ3n) is 8.51. The number of hydrogen-bond donors (Lipinski definition) is 2. The monoisotopic (exact) mass is 886 g/mol. The lowest BCUT2D eigenvalue weighted by molar-refractivity contribution is -0.870. The van der Waals surface area contributed by atoms with Crippen molar-refractivity contribution in [2.75, 3.05) is 79.2 Å². The molecule has 0 amide bonds. The van der Waals surface area contributed by atoms with Gasteiger partial charge in [0.2, 0.25) is 0 Å². The summed E-state index contributed by atoms with van der Waals surface area (Å²) in [5.41, 5.74) is 3.90. The van der Waals surface area contributed by atoms with Crippen LogP contribution < -0.4 is 54.1 Å². The molecule has 1 heterocycles. The van der Waals surface area contributed by atoms with Crippen molar-refractivity contribution in [2.45, 2.75) is 12.8 Å². The number of Topliss-reactive ketones (excluding diaryl/α,β-unsaturated/α-hetero) is 2. The number of aliphatic imine (C=N–C) groups is 2. The minimum Gasteiger partial charge on any atom is -1.00 e. The molecule has 5 rings (SSSR count). The number of quaternary nitrogens is 2. The van der Waals surface area contributed by atoms with Gasteiger partial charge in [-0.3, -0.25) is 19.6 Å². The Kier molecular flexibility index (Phi) is 17.4. The highest BCUT2D eigenvalue weighted by Gasteiger charge is 2.19. The van der Waals surface area contributed by atoms with Crippen LogP contribution in [-0.2, 0) is 0 Å². The van der Waals surface area contributed by atoms with E-state index in [0.29, 0.717) is 69.7 Å². The Balaban J connectivity index is 0.00000420. The van der Waals surface area contributed by atoms with E-state index in [9.17, 15) is 9.59 Å². The number of halogens is 2. The van der Waals surface area contributed by atoms with E-state index in [-0.39, 0.29) is 45.5 Å². The summed E-state index contributed by atoms with van der Waals surface area (Å²) in [5, 5.41) is 6.56. The van der Waals surface area contributed by atoms with Gasteiger partial charge in [0.05, 0.1) is 114 Å². The number of carbonyl (C=O) groups excluding carboxylic acids is 2. The van der Waals surface area contributed by atoms with Gasteiger partial charge in [-0.1, -0.05) is 48.5 Å². The van der Waals surface area contributed by atoms with Gasteiger partial charge in [0.15, 0.2) is 11.6 Å². The third kappa shape index (κ3) is 13.7. The molecule has 0 saturated heterocycles. The van der Waals surface area contributed by atoms with Gasteiger partial charge in [0, 0.05) is 37.7 Å². The van der Waals surface area contributed by atoms with E-state index < -0.39 is 0 Å². The molecule has 0 aliphatic carbocycles. The molecule has 0 saturated carbocycles. The van der Waals surface area contributed by atoms with E-state index in [2.05, 4.69) is 52.9 Å². The Hall–Kier alpha value is -4.88. The topological polar surface area (TPSA) is 101 Å². The molecule has 296 valence electrons. The summed E-state index contributed by atoms with van der Waals surface area (Å²) >= 11 is 0. The highest BCUT2D eigenvalue weighted by molar-refractivity contribution is 6.23. The van der Waals surface area contributed by atoms with Crippen LogP contribution in [0.25, 0.3) is 0 Å². The molecule has 0 radical (unpaired) electrons. The second kappa shape index (κ2) is 21.4. The van der Waals surface area contributed by atoms with Gasteiger partial charge in [-0.15, -0.1) is 0 Å². The molecule has 12 heteroatoms. The number of nitrogens with zero attached hydrogens (tertiary/aromatic N) is 4. The van der Waals surface area contributed by atoms with E-state index in [1.165, 1.54) is 0 Å². The molecule has 1 aliphatic heterocycles. The number of rotatable bonds is 14. The van der Waals surface area contributed by atoms with Gasteiger partial charge < -0.3 is 63.0 Å². The molecule has 56 heavy (non-hydrogen) atoms. The van der Waals surface area contributed by atoms with E-state index in [1.54, 1.807) is 37.0 Å². The number of allylic oxidation sites excluding steroid dienone is 2. The molecule has 0 spiro atoms. The predicted octanol–water partition coefficient (Wildman–Crippen LogP) is 2.12. The van der Waals surface area contributed by atoms with Crippen LogP contribution in [0.1, 0.15) is 33.6 Å². The highest BCUT2D eigenvalue weighted by atomic mass is 79.9. The van der Waals surface area contributed by atoms with Crippen molar-refractivity contribution in [3.8, 4) is 11.5 Å². The molecule has 0 bridgehead atoms. The second-order valence-corrected chi connectivity index (χ2v) is 15.1. The molecule has 0 fully saturated rings. The molecule has 0 aromatic heterocycles. The zero-order valence-corrected chi connectivity index (χ0v) is 36.1. The number of fused-ring (bicyclic) bond motifs is 2. The molecule has 0 atom stereocenters. The molecule has 10 nitrogen and oxygen atoms in total. The van der Waals surface area contributed by atoms with E-state index in [4.69, 9.17) is 19.5 Å². The molecular formula is C44H52Br2N6O4. The van der Waals surface area contributed by atoms with Crippen LogP contribution in [-0.4, -0.2) is 102 Å². The molecule has 4 aromatic carbocycles. The average molecular weight is 889 g/mol. The number of ether oxygens (including phenoxy) is 2. The fraction of sp³-hybridized carbons (Fsp3) is 0.273. The van der Waals surface area contributed by atoms with Gasteiger partial charge in [-0.25, -0.2) is 0 Å². The van der Waals surface area contributed by atoms with E-state index in [1.807, 2.05) is 84.9 Å². The predicted molar refractivity (Wildman–Crippen MR) is 220 cm³/mol. The van der Waals surface area contributed by atoms with Crippen molar-refractivity contribution in [3.63, 3.8) is 0 Å². The van der Waals surface area contributed by atoms with Crippen molar-refractivity contribution < 1.29 is 62.0 Å². The van der Waals surface area contributed by atoms with Crippen molar-refractivity contribution in [1.29, 1.82) is 0 Å². The van der Waals surface area contributed by atoms with Gasteiger partial charge >= 0.3 is 0 Å². The van der Waals surface area contributed by atoms with Crippen LogP contribution >= 0.6 is 0 Å². The first-order valence-corrected chi connectivity index (χ1v) is 18.2. The molecule has 1 aliphatic rings. The summed E-state index contributed by atoms with van der Waals surface area (Å²) in [5.74, 6) is 0.530. The molecule has 0 unspecified atom stereocenters. The van der Waals surface area contributed by atoms with Crippen LogP contribution in [0.5, 0.6) is 11.5 Å². The van der Waals surface area contributed by atoms with Gasteiger partial charge in [-0.2, -0.15) is 0 Å². The standard InChI is InChI=1S/C44H50N6O4.2BrH/c1-49(2,3)25-15-27-53-41-23-13-7-17-35(41)43(51)33-29-45-37-19-9-11-21-39(37)47-31-34(32-48-40-22-12-10-20-38(40)46-30-33)44(52)36-18-8-14-24-42(36)54-28-16-26-50(4,5)6;;/h7-14,17-24,29-32H,15-16,25-28H2,1-6H3;2*1H. The number of carbonyl (C=O) groups is 2. The van der Waals surface area contributed by atoms with Crippen LogP contribution in [0.3, 0.4) is 0 Å². The average Bonchev–Trinajstić information content (AvgIpc) is 3.15. The van der Waals surface area contributed by atoms with Crippen molar-refractivity contribution in [1.82, 2.24) is 0 Å². The van der Waals surface area contributed by atoms with E-state index >= 15 is 0 Å². The van der Waals surface area contributed by atoms with Gasteiger partial charge in [0.1, 0.15) is 11.5 Å². The van der Waals surface area contributed by atoms with Crippen molar-refractivity contribution in [3.05, 3.63) is 132 Å². The third-order valence-corrected chi connectivity index (χ3v) is 8.51. The Morgan fingerprint density at radius 3 is 1.29 bits per heavy atom. The van der Waals surface area contributed by atoms with Crippen LogP contribution in [0.15, 0.2) is 131 Å². The number of benzene rings is 4. The smallest absolute Gasteiger partial charge is 0.199 e. The Morgan fingerprint density at radius 1 is 0.536 bits per heavy atom. The number of anilines is 2. The second-order valence-electron chi connectivity index (χ2n) is 15.1. The van der Waals surface area contributed by atoms with Gasteiger partial charge in [-0.05, 0) is 48.5 Å². The first-order chi connectivity index (χ1) is 25.9.